The number of nitrogens with zero attached hydrogens (tertiary/aromatic N) is 4. The lowest BCUT2D eigenvalue weighted by molar-refractivity contribution is 0.312. The van der Waals surface area contributed by atoms with Gasteiger partial charge in [-0.25, -0.2) is 9.98 Å². The average Bonchev–Trinajstić information content (AvgIpc) is 2.61. The van der Waals surface area contributed by atoms with Crippen LogP contribution in [-0.4, -0.2) is 55.6 Å². The highest BCUT2D eigenvalue weighted by molar-refractivity contribution is 5.77. The van der Waals surface area contributed by atoms with Crippen LogP contribution >= 0.6 is 0 Å². The molecule has 0 aliphatic carbocycles. The Hall–Kier alpha value is -1.82. The molecule has 0 radical (unpaired) electrons. The molecule has 1 fully saturated rings. The topological polar surface area (TPSA) is 69.8 Å². The van der Waals surface area contributed by atoms with E-state index in [4.69, 9.17) is 5.73 Å². The number of likely N-dealkylation sites (N-methyl/N-ethyl adjacent to an activating group) is 1. The van der Waals surface area contributed by atoms with Crippen molar-refractivity contribution in [3.05, 3.63) is 23.9 Å². The standard InChI is InChI=1S/C18H32N6/c1-3-4-5-6-9-20-18(19)22-15-16-7-8-17(21-14-16)24-12-10-23(2)11-13-24/h7-8,14H,3-6,9-13,15H2,1-2H3,(H3,19,20,22). The Labute approximate surface area is 146 Å². The van der Waals surface area contributed by atoms with Gasteiger partial charge in [-0.15, -0.1) is 0 Å². The Morgan fingerprint density at radius 1 is 1.21 bits per heavy atom. The van der Waals surface area contributed by atoms with Crippen molar-refractivity contribution in [3.63, 3.8) is 0 Å². The first-order chi connectivity index (χ1) is 11.7. The van der Waals surface area contributed by atoms with Crippen LogP contribution in [0.4, 0.5) is 5.82 Å². The van der Waals surface area contributed by atoms with Crippen molar-refractivity contribution < 1.29 is 0 Å². The normalized spacial score (nSPS) is 16.4. The first kappa shape index (κ1) is 18.5. The van der Waals surface area contributed by atoms with Crippen LogP contribution in [0.1, 0.15) is 38.2 Å². The zero-order valence-corrected chi connectivity index (χ0v) is 15.2. The highest BCUT2D eigenvalue weighted by Crippen LogP contribution is 2.13. The molecule has 0 unspecified atom stereocenters. The zero-order chi connectivity index (χ0) is 17.2. The van der Waals surface area contributed by atoms with Gasteiger partial charge in [-0.2, -0.15) is 0 Å². The molecule has 0 atom stereocenters. The summed E-state index contributed by atoms with van der Waals surface area (Å²) < 4.78 is 0. The number of hydrogen-bond donors (Lipinski definition) is 2. The summed E-state index contributed by atoms with van der Waals surface area (Å²) in [4.78, 5) is 13.6. The molecule has 24 heavy (non-hydrogen) atoms. The summed E-state index contributed by atoms with van der Waals surface area (Å²) in [6, 6.07) is 4.18. The molecule has 1 aliphatic heterocycles. The van der Waals surface area contributed by atoms with Crippen LogP contribution in [0.2, 0.25) is 0 Å². The van der Waals surface area contributed by atoms with Gasteiger partial charge in [0.15, 0.2) is 5.96 Å². The van der Waals surface area contributed by atoms with E-state index >= 15 is 0 Å². The number of unbranched alkanes of at least 4 members (excludes halogenated alkanes) is 3. The summed E-state index contributed by atoms with van der Waals surface area (Å²) in [7, 11) is 2.16. The molecule has 0 spiro atoms. The minimum Gasteiger partial charge on any atom is -0.370 e. The SMILES string of the molecule is CCCCCCNC(N)=NCc1ccc(N2CCN(C)CC2)nc1. The van der Waals surface area contributed by atoms with Gasteiger partial charge in [0.2, 0.25) is 0 Å². The summed E-state index contributed by atoms with van der Waals surface area (Å²) in [5.41, 5.74) is 6.99. The number of guanidine groups is 1. The summed E-state index contributed by atoms with van der Waals surface area (Å²) in [6.45, 7) is 7.94. The molecule has 1 aromatic heterocycles. The van der Waals surface area contributed by atoms with Gasteiger partial charge < -0.3 is 20.9 Å². The van der Waals surface area contributed by atoms with Gasteiger partial charge in [-0.05, 0) is 25.1 Å². The quantitative estimate of drug-likeness (QED) is 0.432. The highest BCUT2D eigenvalue weighted by Gasteiger charge is 2.14. The Kier molecular flexibility index (Phi) is 7.82. The van der Waals surface area contributed by atoms with Gasteiger partial charge in [-0.1, -0.05) is 32.3 Å². The molecule has 0 bridgehead atoms. The highest BCUT2D eigenvalue weighted by atomic mass is 15.3. The van der Waals surface area contributed by atoms with Crippen molar-refractivity contribution in [2.45, 2.75) is 39.2 Å². The maximum atomic E-state index is 5.90. The van der Waals surface area contributed by atoms with E-state index in [2.05, 4.69) is 51.2 Å². The van der Waals surface area contributed by atoms with Gasteiger partial charge in [0.1, 0.15) is 5.82 Å². The van der Waals surface area contributed by atoms with E-state index in [9.17, 15) is 0 Å². The minimum atomic E-state index is 0.523. The lowest BCUT2D eigenvalue weighted by Gasteiger charge is -2.33. The van der Waals surface area contributed by atoms with Crippen molar-refractivity contribution in [1.29, 1.82) is 0 Å². The number of nitrogens with two attached hydrogens (primary N) is 1. The third kappa shape index (κ3) is 6.35. The number of anilines is 1. The molecule has 2 heterocycles. The van der Waals surface area contributed by atoms with E-state index < -0.39 is 0 Å². The first-order valence-electron chi connectivity index (χ1n) is 9.11. The van der Waals surface area contributed by atoms with Crippen LogP contribution in [0.5, 0.6) is 0 Å². The van der Waals surface area contributed by atoms with Crippen LogP contribution < -0.4 is 16.0 Å². The van der Waals surface area contributed by atoms with E-state index in [1.165, 1.54) is 19.3 Å². The maximum Gasteiger partial charge on any atom is 0.188 e. The summed E-state index contributed by atoms with van der Waals surface area (Å²) in [5, 5.41) is 3.17. The fourth-order valence-corrected chi connectivity index (χ4v) is 2.73. The molecule has 3 N–H and O–H groups in total. The average molecular weight is 332 g/mol. The number of aromatic nitrogens is 1. The third-order valence-electron chi connectivity index (χ3n) is 4.40. The largest absolute Gasteiger partial charge is 0.370 e. The predicted molar refractivity (Wildman–Crippen MR) is 101 cm³/mol. The van der Waals surface area contributed by atoms with Crippen LogP contribution in [0.3, 0.4) is 0 Å². The second kappa shape index (κ2) is 10.1. The van der Waals surface area contributed by atoms with E-state index in [-0.39, 0.29) is 0 Å². The molecule has 134 valence electrons. The second-order valence-electron chi connectivity index (χ2n) is 6.50. The number of rotatable bonds is 8. The fourth-order valence-electron chi connectivity index (χ4n) is 2.73. The smallest absolute Gasteiger partial charge is 0.188 e. The molecule has 6 heteroatoms. The van der Waals surface area contributed by atoms with E-state index in [1.807, 2.05) is 6.20 Å². The van der Waals surface area contributed by atoms with Gasteiger partial charge in [0.05, 0.1) is 6.54 Å². The Balaban J connectivity index is 1.73. The summed E-state index contributed by atoms with van der Waals surface area (Å²) in [5.74, 6) is 1.58. The lowest BCUT2D eigenvalue weighted by atomic mass is 10.2. The summed E-state index contributed by atoms with van der Waals surface area (Å²) >= 11 is 0. The van der Waals surface area contributed by atoms with Crippen molar-refractivity contribution in [1.82, 2.24) is 15.2 Å². The third-order valence-corrected chi connectivity index (χ3v) is 4.40. The first-order valence-corrected chi connectivity index (χ1v) is 9.11. The van der Waals surface area contributed by atoms with Crippen molar-refractivity contribution in [2.75, 3.05) is 44.7 Å². The van der Waals surface area contributed by atoms with Gasteiger partial charge >= 0.3 is 0 Å². The molecule has 1 aromatic rings. The fraction of sp³-hybridized carbons (Fsp3) is 0.667. The second-order valence-corrected chi connectivity index (χ2v) is 6.50. The Morgan fingerprint density at radius 3 is 2.67 bits per heavy atom. The maximum absolute atomic E-state index is 5.90. The molecular formula is C18H32N6. The number of aliphatic imine (C=N–C) groups is 1. The van der Waals surface area contributed by atoms with Gasteiger partial charge in [-0.3, -0.25) is 0 Å². The van der Waals surface area contributed by atoms with E-state index in [0.717, 1.165) is 50.5 Å². The van der Waals surface area contributed by atoms with Crippen molar-refractivity contribution in [3.8, 4) is 0 Å². The molecule has 1 aliphatic rings. The molecular weight excluding hydrogens is 300 g/mol. The van der Waals surface area contributed by atoms with Crippen LogP contribution in [0, 0.1) is 0 Å². The Morgan fingerprint density at radius 2 is 2.00 bits per heavy atom. The van der Waals surface area contributed by atoms with Gasteiger partial charge in [0, 0.05) is 38.9 Å². The summed E-state index contributed by atoms with van der Waals surface area (Å²) in [6.07, 6.45) is 6.83. The minimum absolute atomic E-state index is 0.523. The van der Waals surface area contributed by atoms with Crippen LogP contribution in [0.25, 0.3) is 0 Å². The zero-order valence-electron chi connectivity index (χ0n) is 15.2. The molecule has 0 amide bonds. The number of hydrogen-bond acceptors (Lipinski definition) is 4. The van der Waals surface area contributed by atoms with Gasteiger partial charge in [0.25, 0.3) is 0 Å². The molecule has 2 rings (SSSR count). The number of pyridine rings is 1. The van der Waals surface area contributed by atoms with Crippen LogP contribution in [-0.2, 0) is 6.54 Å². The number of piperazine rings is 1. The van der Waals surface area contributed by atoms with Crippen molar-refractivity contribution >= 4 is 11.8 Å². The molecule has 0 aromatic carbocycles. The predicted octanol–water partition coefficient (Wildman–Crippen LogP) is 1.82. The number of nitrogens with one attached hydrogen (secondary N) is 1. The lowest BCUT2D eigenvalue weighted by Crippen LogP contribution is -2.44. The molecule has 1 saturated heterocycles. The van der Waals surface area contributed by atoms with E-state index in [0.29, 0.717) is 12.5 Å². The molecule has 6 nitrogen and oxygen atoms in total. The van der Waals surface area contributed by atoms with Crippen molar-refractivity contribution in [2.24, 2.45) is 10.7 Å². The Bertz CT molecular complexity index is 491. The van der Waals surface area contributed by atoms with E-state index in [1.54, 1.807) is 0 Å². The monoisotopic (exact) mass is 332 g/mol. The van der Waals surface area contributed by atoms with Crippen LogP contribution in [0.15, 0.2) is 23.3 Å². The molecule has 0 saturated carbocycles.